The van der Waals surface area contributed by atoms with Crippen LogP contribution in [-0.2, 0) is 4.79 Å². The minimum absolute atomic E-state index is 0.0180. The van der Waals surface area contributed by atoms with E-state index >= 15 is 0 Å². The lowest BCUT2D eigenvalue weighted by atomic mass is 9.99. The van der Waals surface area contributed by atoms with E-state index in [4.69, 9.17) is 0 Å². The second kappa shape index (κ2) is 4.90. The predicted molar refractivity (Wildman–Crippen MR) is 70.7 cm³/mol. The van der Waals surface area contributed by atoms with Crippen molar-refractivity contribution in [3.05, 3.63) is 29.8 Å². The van der Waals surface area contributed by atoms with Crippen LogP contribution in [0.15, 0.2) is 24.3 Å². The van der Waals surface area contributed by atoms with Crippen molar-refractivity contribution >= 4 is 17.4 Å². The molecule has 0 bridgehead atoms. The highest BCUT2D eigenvalue weighted by Gasteiger charge is 2.35. The van der Waals surface area contributed by atoms with E-state index in [1.54, 1.807) is 24.3 Å². The van der Waals surface area contributed by atoms with E-state index in [-0.39, 0.29) is 11.7 Å². The van der Waals surface area contributed by atoms with E-state index in [0.29, 0.717) is 5.56 Å². The Bertz CT molecular complexity index is 459. The molecule has 0 aliphatic carbocycles. The number of rotatable bonds is 3. The van der Waals surface area contributed by atoms with Gasteiger partial charge < -0.3 is 10.6 Å². The first-order chi connectivity index (χ1) is 8.51. The maximum absolute atomic E-state index is 12.1. The molecular weight excluding hydrogens is 228 g/mol. The molecular formula is C14H18N2O2. The molecule has 4 nitrogen and oxygen atoms in total. The summed E-state index contributed by atoms with van der Waals surface area (Å²) in [5.41, 5.74) is 0.900. The fourth-order valence-corrected chi connectivity index (χ4v) is 2.15. The minimum atomic E-state index is -0.473. The molecule has 4 heteroatoms. The fraction of sp³-hybridized carbons (Fsp3) is 0.429. The summed E-state index contributed by atoms with van der Waals surface area (Å²) in [7, 11) is 0. The lowest BCUT2D eigenvalue weighted by molar-refractivity contribution is -0.121. The van der Waals surface area contributed by atoms with Gasteiger partial charge in [-0.3, -0.25) is 9.59 Å². The summed E-state index contributed by atoms with van der Waals surface area (Å²) >= 11 is 0. The normalized spacial score (nSPS) is 22.8. The molecule has 18 heavy (non-hydrogen) atoms. The maximum atomic E-state index is 12.1. The van der Waals surface area contributed by atoms with Gasteiger partial charge in [0, 0.05) is 11.3 Å². The Labute approximate surface area is 107 Å². The number of Topliss-reactive ketones (excluding diaryl/α,β-unsaturated/α-hetero) is 1. The summed E-state index contributed by atoms with van der Waals surface area (Å²) in [6.45, 7) is 4.32. The van der Waals surface area contributed by atoms with Crippen LogP contribution < -0.4 is 10.6 Å². The van der Waals surface area contributed by atoms with Gasteiger partial charge in [-0.1, -0.05) is 0 Å². The topological polar surface area (TPSA) is 58.2 Å². The number of anilines is 1. The van der Waals surface area contributed by atoms with Crippen LogP contribution in [0.4, 0.5) is 5.69 Å². The Morgan fingerprint density at radius 2 is 1.94 bits per heavy atom. The lowest BCUT2D eigenvalue weighted by Gasteiger charge is -2.23. The van der Waals surface area contributed by atoms with Crippen LogP contribution in [0.1, 0.15) is 37.0 Å². The molecule has 1 fully saturated rings. The standard InChI is InChI=1S/C14H18N2O2/c1-10(17)11-4-6-12(7-5-11)16-13(18)14(2)8-3-9-15-14/h4-7,15H,3,8-9H2,1-2H3,(H,16,18). The molecule has 2 rings (SSSR count). The van der Waals surface area contributed by atoms with Gasteiger partial charge >= 0.3 is 0 Å². The molecule has 0 radical (unpaired) electrons. The molecule has 1 aromatic carbocycles. The number of nitrogens with one attached hydrogen (secondary N) is 2. The molecule has 1 amide bonds. The van der Waals surface area contributed by atoms with Crippen LogP contribution >= 0.6 is 0 Å². The largest absolute Gasteiger partial charge is 0.324 e. The number of benzene rings is 1. The second-order valence-electron chi connectivity index (χ2n) is 4.95. The Balaban J connectivity index is 2.05. The van der Waals surface area contributed by atoms with E-state index in [1.807, 2.05) is 6.92 Å². The smallest absolute Gasteiger partial charge is 0.244 e. The number of hydrogen-bond acceptors (Lipinski definition) is 3. The number of carbonyl (C=O) groups excluding carboxylic acids is 2. The fourth-order valence-electron chi connectivity index (χ4n) is 2.15. The Morgan fingerprint density at radius 1 is 1.28 bits per heavy atom. The van der Waals surface area contributed by atoms with Crippen LogP contribution in [0.25, 0.3) is 0 Å². The Morgan fingerprint density at radius 3 is 2.44 bits per heavy atom. The monoisotopic (exact) mass is 246 g/mol. The molecule has 1 unspecified atom stereocenters. The number of amides is 1. The average molecular weight is 246 g/mol. The highest BCUT2D eigenvalue weighted by atomic mass is 16.2. The maximum Gasteiger partial charge on any atom is 0.244 e. The highest BCUT2D eigenvalue weighted by molar-refractivity contribution is 5.99. The van der Waals surface area contributed by atoms with Gasteiger partial charge in [0.1, 0.15) is 0 Å². The van der Waals surface area contributed by atoms with Gasteiger partial charge in [0.15, 0.2) is 5.78 Å². The predicted octanol–water partition coefficient (Wildman–Crippen LogP) is 1.97. The Hall–Kier alpha value is -1.68. The molecule has 2 N–H and O–H groups in total. The van der Waals surface area contributed by atoms with Crippen molar-refractivity contribution in [1.29, 1.82) is 0 Å². The van der Waals surface area contributed by atoms with Crippen LogP contribution in [-0.4, -0.2) is 23.8 Å². The third kappa shape index (κ3) is 2.59. The molecule has 96 valence electrons. The second-order valence-corrected chi connectivity index (χ2v) is 4.95. The summed E-state index contributed by atoms with van der Waals surface area (Å²) in [4.78, 5) is 23.3. The third-order valence-corrected chi connectivity index (χ3v) is 3.42. The summed E-state index contributed by atoms with van der Waals surface area (Å²) in [6.07, 6.45) is 1.87. The van der Waals surface area contributed by atoms with E-state index < -0.39 is 5.54 Å². The molecule has 0 saturated carbocycles. The zero-order valence-electron chi connectivity index (χ0n) is 10.7. The average Bonchev–Trinajstić information content (AvgIpc) is 2.78. The van der Waals surface area contributed by atoms with Crippen molar-refractivity contribution in [1.82, 2.24) is 5.32 Å². The first-order valence-corrected chi connectivity index (χ1v) is 6.19. The summed E-state index contributed by atoms with van der Waals surface area (Å²) in [6, 6.07) is 6.96. The van der Waals surface area contributed by atoms with Crippen molar-refractivity contribution in [3.8, 4) is 0 Å². The molecule has 1 saturated heterocycles. The quantitative estimate of drug-likeness (QED) is 0.802. The lowest BCUT2D eigenvalue weighted by Crippen LogP contribution is -2.47. The molecule has 1 atom stereocenters. The first kappa shape index (κ1) is 12.8. The van der Waals surface area contributed by atoms with Crippen LogP contribution in [0.3, 0.4) is 0 Å². The number of carbonyl (C=O) groups is 2. The molecule has 1 heterocycles. The van der Waals surface area contributed by atoms with E-state index in [1.165, 1.54) is 6.92 Å². The Kier molecular flexibility index (Phi) is 3.48. The summed E-state index contributed by atoms with van der Waals surface area (Å²) < 4.78 is 0. The van der Waals surface area contributed by atoms with E-state index in [9.17, 15) is 9.59 Å². The van der Waals surface area contributed by atoms with Crippen molar-refractivity contribution in [2.24, 2.45) is 0 Å². The van der Waals surface area contributed by atoms with Crippen molar-refractivity contribution in [2.75, 3.05) is 11.9 Å². The summed E-state index contributed by atoms with van der Waals surface area (Å²) in [5.74, 6) is 0.00729. The van der Waals surface area contributed by atoms with Gasteiger partial charge in [-0.2, -0.15) is 0 Å². The van der Waals surface area contributed by atoms with E-state index in [2.05, 4.69) is 10.6 Å². The first-order valence-electron chi connectivity index (χ1n) is 6.19. The SMILES string of the molecule is CC(=O)c1ccc(NC(=O)C2(C)CCCN2)cc1. The number of hydrogen-bond donors (Lipinski definition) is 2. The van der Waals surface area contributed by atoms with Crippen LogP contribution in [0.5, 0.6) is 0 Å². The zero-order chi connectivity index (χ0) is 13.2. The minimum Gasteiger partial charge on any atom is -0.324 e. The highest BCUT2D eigenvalue weighted by Crippen LogP contribution is 2.21. The van der Waals surface area contributed by atoms with Crippen molar-refractivity contribution in [3.63, 3.8) is 0 Å². The third-order valence-electron chi connectivity index (χ3n) is 3.42. The van der Waals surface area contributed by atoms with Gasteiger partial charge in [-0.05, 0) is 57.5 Å². The molecule has 0 aromatic heterocycles. The van der Waals surface area contributed by atoms with Crippen LogP contribution in [0.2, 0.25) is 0 Å². The van der Waals surface area contributed by atoms with Crippen LogP contribution in [0, 0.1) is 0 Å². The molecule has 0 spiro atoms. The van der Waals surface area contributed by atoms with Gasteiger partial charge in [-0.25, -0.2) is 0 Å². The van der Waals surface area contributed by atoms with Crippen molar-refractivity contribution in [2.45, 2.75) is 32.2 Å². The van der Waals surface area contributed by atoms with Gasteiger partial charge in [-0.15, -0.1) is 0 Å². The zero-order valence-corrected chi connectivity index (χ0v) is 10.7. The van der Waals surface area contributed by atoms with Crippen molar-refractivity contribution < 1.29 is 9.59 Å². The van der Waals surface area contributed by atoms with Gasteiger partial charge in [0.05, 0.1) is 5.54 Å². The molecule has 1 aromatic rings. The summed E-state index contributed by atoms with van der Waals surface area (Å²) in [5, 5.41) is 6.09. The van der Waals surface area contributed by atoms with Gasteiger partial charge in [0.2, 0.25) is 5.91 Å². The molecule has 1 aliphatic rings. The van der Waals surface area contributed by atoms with Gasteiger partial charge in [0.25, 0.3) is 0 Å². The molecule has 1 aliphatic heterocycles. The van der Waals surface area contributed by atoms with E-state index in [0.717, 1.165) is 25.1 Å². The number of ketones is 1.